The molecular formula is C13H22N2S2. The third-order valence-corrected chi connectivity index (χ3v) is 5.50. The van der Waals surface area contributed by atoms with Gasteiger partial charge in [-0.15, -0.1) is 11.3 Å². The Morgan fingerprint density at radius 1 is 1.47 bits per heavy atom. The molecule has 0 spiro atoms. The number of rotatable bonds is 5. The van der Waals surface area contributed by atoms with Gasteiger partial charge in [-0.05, 0) is 50.7 Å². The number of nitrogens with one attached hydrogen (secondary N) is 1. The average Bonchev–Trinajstić information content (AvgIpc) is 2.77. The molecule has 1 aliphatic rings. The van der Waals surface area contributed by atoms with Crippen molar-refractivity contribution in [2.24, 2.45) is 5.92 Å². The molecule has 1 aliphatic heterocycles. The molecule has 1 unspecified atom stereocenters. The molecule has 0 aromatic carbocycles. The van der Waals surface area contributed by atoms with Crippen molar-refractivity contribution in [2.75, 3.05) is 18.6 Å². The van der Waals surface area contributed by atoms with Crippen LogP contribution in [0.4, 0.5) is 0 Å². The lowest BCUT2D eigenvalue weighted by Gasteiger charge is -2.19. The lowest BCUT2D eigenvalue weighted by Crippen LogP contribution is -2.22. The van der Waals surface area contributed by atoms with Gasteiger partial charge in [0.25, 0.3) is 0 Å². The summed E-state index contributed by atoms with van der Waals surface area (Å²) in [5.41, 5.74) is 0. The number of hydrogen-bond acceptors (Lipinski definition) is 4. The Labute approximate surface area is 113 Å². The molecule has 1 N–H and O–H groups in total. The molecule has 1 fully saturated rings. The fourth-order valence-electron chi connectivity index (χ4n) is 2.14. The number of hydrogen-bond donors (Lipinski definition) is 1. The minimum atomic E-state index is 0.550. The van der Waals surface area contributed by atoms with Crippen LogP contribution in [0, 0.1) is 5.92 Å². The Hall–Kier alpha value is -0.0600. The zero-order valence-electron chi connectivity index (χ0n) is 10.7. The van der Waals surface area contributed by atoms with E-state index in [2.05, 4.69) is 35.2 Å². The van der Waals surface area contributed by atoms with E-state index in [-0.39, 0.29) is 0 Å². The van der Waals surface area contributed by atoms with Crippen LogP contribution in [-0.2, 0) is 12.8 Å². The summed E-state index contributed by atoms with van der Waals surface area (Å²) in [6.07, 6.45) is 7.15. The molecular weight excluding hydrogens is 248 g/mol. The molecule has 1 saturated heterocycles. The van der Waals surface area contributed by atoms with Gasteiger partial charge in [-0.3, -0.25) is 0 Å². The van der Waals surface area contributed by atoms with Crippen molar-refractivity contribution in [3.05, 3.63) is 16.1 Å². The van der Waals surface area contributed by atoms with E-state index in [0.717, 1.165) is 12.3 Å². The summed E-state index contributed by atoms with van der Waals surface area (Å²) < 4.78 is 0. The first kappa shape index (κ1) is 13.4. The van der Waals surface area contributed by atoms with Gasteiger partial charge in [0.05, 0.1) is 5.01 Å². The molecule has 0 radical (unpaired) electrons. The summed E-state index contributed by atoms with van der Waals surface area (Å²) in [6.45, 7) is 2.22. The van der Waals surface area contributed by atoms with Gasteiger partial charge >= 0.3 is 0 Å². The van der Waals surface area contributed by atoms with Crippen molar-refractivity contribution in [2.45, 2.75) is 38.6 Å². The summed E-state index contributed by atoms with van der Waals surface area (Å²) in [6, 6.07) is 0.550. The number of thiazole rings is 1. The molecule has 17 heavy (non-hydrogen) atoms. The van der Waals surface area contributed by atoms with Crippen LogP contribution in [0.2, 0.25) is 0 Å². The van der Waals surface area contributed by atoms with Gasteiger partial charge in [-0.2, -0.15) is 11.8 Å². The van der Waals surface area contributed by atoms with Gasteiger partial charge in [-0.1, -0.05) is 0 Å². The van der Waals surface area contributed by atoms with Crippen molar-refractivity contribution < 1.29 is 0 Å². The summed E-state index contributed by atoms with van der Waals surface area (Å²) in [4.78, 5) is 6.00. The fraction of sp³-hybridized carbons (Fsp3) is 0.769. The van der Waals surface area contributed by atoms with Crippen LogP contribution in [0.15, 0.2) is 6.20 Å². The fourth-order valence-corrected chi connectivity index (χ4v) is 4.51. The standard InChI is InChI=1S/C13H22N2S2/c1-10(14-2)7-12-9-15-13(17-12)8-11-3-5-16-6-4-11/h9-11,14H,3-8H2,1-2H3. The molecule has 0 bridgehead atoms. The SMILES string of the molecule is CNC(C)Cc1cnc(CC2CCSCC2)s1. The highest BCUT2D eigenvalue weighted by Gasteiger charge is 2.16. The highest BCUT2D eigenvalue weighted by atomic mass is 32.2. The number of aromatic nitrogens is 1. The van der Waals surface area contributed by atoms with E-state index >= 15 is 0 Å². The highest BCUT2D eigenvalue weighted by Crippen LogP contribution is 2.27. The van der Waals surface area contributed by atoms with Gasteiger partial charge in [-0.25, -0.2) is 4.98 Å². The third kappa shape index (κ3) is 4.27. The summed E-state index contributed by atoms with van der Waals surface area (Å²) in [5, 5.41) is 4.63. The topological polar surface area (TPSA) is 24.9 Å². The van der Waals surface area contributed by atoms with Gasteiger partial charge in [0.1, 0.15) is 0 Å². The van der Waals surface area contributed by atoms with Gasteiger partial charge < -0.3 is 5.32 Å². The van der Waals surface area contributed by atoms with Gasteiger partial charge in [0.15, 0.2) is 0 Å². The van der Waals surface area contributed by atoms with Crippen molar-refractivity contribution in [3.8, 4) is 0 Å². The van der Waals surface area contributed by atoms with Crippen molar-refractivity contribution in [3.63, 3.8) is 0 Å². The molecule has 1 aromatic heterocycles. The lowest BCUT2D eigenvalue weighted by molar-refractivity contribution is 0.487. The van der Waals surface area contributed by atoms with E-state index in [4.69, 9.17) is 0 Å². The molecule has 0 aliphatic carbocycles. The van der Waals surface area contributed by atoms with E-state index < -0.39 is 0 Å². The van der Waals surface area contributed by atoms with Crippen LogP contribution in [0.25, 0.3) is 0 Å². The Morgan fingerprint density at radius 3 is 2.94 bits per heavy atom. The Bertz CT molecular complexity index is 332. The first-order chi connectivity index (χ1) is 8.28. The summed E-state index contributed by atoms with van der Waals surface area (Å²) in [5.74, 6) is 3.58. The van der Waals surface area contributed by atoms with E-state index in [1.165, 1.54) is 40.7 Å². The molecule has 1 atom stereocenters. The van der Waals surface area contributed by atoms with Crippen molar-refractivity contribution >= 4 is 23.1 Å². The summed E-state index contributed by atoms with van der Waals surface area (Å²) >= 11 is 4.01. The molecule has 4 heteroatoms. The Kier molecular flexibility index (Phi) is 5.32. The van der Waals surface area contributed by atoms with E-state index in [0.29, 0.717) is 6.04 Å². The van der Waals surface area contributed by atoms with Crippen molar-refractivity contribution in [1.29, 1.82) is 0 Å². The minimum absolute atomic E-state index is 0.550. The average molecular weight is 270 g/mol. The third-order valence-electron chi connectivity index (χ3n) is 3.41. The molecule has 0 saturated carbocycles. The second-order valence-electron chi connectivity index (χ2n) is 4.87. The van der Waals surface area contributed by atoms with Gasteiger partial charge in [0, 0.05) is 23.5 Å². The van der Waals surface area contributed by atoms with Crippen LogP contribution in [0.5, 0.6) is 0 Å². The normalized spacial score (nSPS) is 19.4. The molecule has 2 nitrogen and oxygen atoms in total. The predicted molar refractivity (Wildman–Crippen MR) is 78.1 cm³/mol. The first-order valence-electron chi connectivity index (χ1n) is 6.46. The van der Waals surface area contributed by atoms with E-state index in [9.17, 15) is 0 Å². The maximum atomic E-state index is 4.58. The van der Waals surface area contributed by atoms with Crippen LogP contribution >= 0.6 is 23.1 Å². The Morgan fingerprint density at radius 2 is 2.24 bits per heavy atom. The largest absolute Gasteiger partial charge is 0.317 e. The molecule has 2 heterocycles. The smallest absolute Gasteiger partial charge is 0.0930 e. The first-order valence-corrected chi connectivity index (χ1v) is 8.43. The van der Waals surface area contributed by atoms with E-state index in [1.54, 1.807) is 0 Å². The molecule has 2 rings (SSSR count). The zero-order chi connectivity index (χ0) is 12.1. The van der Waals surface area contributed by atoms with Crippen LogP contribution in [-0.4, -0.2) is 29.6 Å². The van der Waals surface area contributed by atoms with Crippen LogP contribution in [0.1, 0.15) is 29.7 Å². The summed E-state index contributed by atoms with van der Waals surface area (Å²) in [7, 11) is 2.02. The zero-order valence-corrected chi connectivity index (χ0v) is 12.4. The Balaban J connectivity index is 1.84. The number of nitrogens with zero attached hydrogens (tertiary/aromatic N) is 1. The molecule has 0 amide bonds. The highest BCUT2D eigenvalue weighted by molar-refractivity contribution is 7.99. The van der Waals surface area contributed by atoms with Crippen LogP contribution < -0.4 is 5.32 Å². The quantitative estimate of drug-likeness (QED) is 0.890. The van der Waals surface area contributed by atoms with E-state index in [1.807, 2.05) is 18.4 Å². The second kappa shape index (κ2) is 6.76. The maximum absolute atomic E-state index is 4.58. The second-order valence-corrected chi connectivity index (χ2v) is 7.30. The number of thioether (sulfide) groups is 1. The lowest BCUT2D eigenvalue weighted by atomic mass is 9.99. The minimum Gasteiger partial charge on any atom is -0.317 e. The van der Waals surface area contributed by atoms with Crippen molar-refractivity contribution in [1.82, 2.24) is 10.3 Å². The monoisotopic (exact) mass is 270 g/mol. The molecule has 96 valence electrons. The maximum Gasteiger partial charge on any atom is 0.0930 e. The molecule has 1 aromatic rings. The van der Waals surface area contributed by atoms with Crippen LogP contribution in [0.3, 0.4) is 0 Å². The van der Waals surface area contributed by atoms with Gasteiger partial charge in [0.2, 0.25) is 0 Å². The predicted octanol–water partition coefficient (Wildman–Crippen LogP) is 2.98. The number of likely N-dealkylation sites (N-methyl/N-ethyl adjacent to an activating group) is 1.